The van der Waals surface area contributed by atoms with E-state index in [0.29, 0.717) is 0 Å². The molecule has 2 aromatic carbocycles. The van der Waals surface area contributed by atoms with Gasteiger partial charge in [-0.25, -0.2) is 0 Å². The van der Waals surface area contributed by atoms with Crippen molar-refractivity contribution in [3.8, 4) is 0 Å². The topological polar surface area (TPSA) is 17.1 Å². The van der Waals surface area contributed by atoms with Crippen LogP contribution < -0.4 is 0 Å². The molecule has 25 heavy (non-hydrogen) atoms. The van der Waals surface area contributed by atoms with Crippen LogP contribution >= 0.6 is 11.3 Å². The molecular formula is C23H16OS. The Morgan fingerprint density at radius 3 is 2.44 bits per heavy atom. The van der Waals surface area contributed by atoms with Crippen molar-refractivity contribution in [1.82, 2.24) is 0 Å². The van der Waals surface area contributed by atoms with Crippen LogP contribution in [0.5, 0.6) is 0 Å². The summed E-state index contributed by atoms with van der Waals surface area (Å²) in [5.74, 6) is 0.0496. The Bertz CT molecular complexity index is 990. The first-order chi connectivity index (χ1) is 12.3. The van der Waals surface area contributed by atoms with E-state index < -0.39 is 0 Å². The number of benzene rings is 2. The molecule has 1 aromatic heterocycles. The van der Waals surface area contributed by atoms with Gasteiger partial charge in [-0.1, -0.05) is 72.8 Å². The molecule has 0 fully saturated rings. The van der Waals surface area contributed by atoms with E-state index in [-0.39, 0.29) is 5.78 Å². The summed E-state index contributed by atoms with van der Waals surface area (Å²) in [5, 5.41) is 2.07. The van der Waals surface area contributed by atoms with E-state index in [0.717, 1.165) is 27.8 Å². The molecule has 120 valence electrons. The first kappa shape index (κ1) is 15.6. The van der Waals surface area contributed by atoms with Crippen molar-refractivity contribution >= 4 is 34.3 Å². The molecule has 0 bridgehead atoms. The van der Waals surface area contributed by atoms with Crippen molar-refractivity contribution < 1.29 is 4.79 Å². The second kappa shape index (κ2) is 6.88. The standard InChI is InChI=1S/C23H16OS/c24-22-15-12-18-9-4-5-10-19(18)21(22)14-13-20(23-11-6-16-25-23)17-7-2-1-3-8-17/h1-16H/b20-13-,21-14-. The van der Waals surface area contributed by atoms with Crippen LogP contribution in [0.1, 0.15) is 21.6 Å². The van der Waals surface area contributed by atoms with Gasteiger partial charge in [0.15, 0.2) is 5.78 Å². The number of carbonyl (C=O) groups is 1. The Morgan fingerprint density at radius 2 is 1.64 bits per heavy atom. The summed E-state index contributed by atoms with van der Waals surface area (Å²) in [6, 6.07) is 22.4. The van der Waals surface area contributed by atoms with Crippen molar-refractivity contribution in [3.63, 3.8) is 0 Å². The van der Waals surface area contributed by atoms with E-state index >= 15 is 0 Å². The molecule has 4 rings (SSSR count). The zero-order valence-electron chi connectivity index (χ0n) is 13.6. The number of fused-ring (bicyclic) bond motifs is 1. The lowest BCUT2D eigenvalue weighted by molar-refractivity contribution is -0.109. The maximum absolute atomic E-state index is 12.4. The fourth-order valence-electron chi connectivity index (χ4n) is 2.98. The van der Waals surface area contributed by atoms with Gasteiger partial charge < -0.3 is 0 Å². The number of carbonyl (C=O) groups excluding carboxylic acids is 1. The lowest BCUT2D eigenvalue weighted by atomic mass is 9.90. The Morgan fingerprint density at radius 1 is 0.840 bits per heavy atom. The van der Waals surface area contributed by atoms with E-state index in [4.69, 9.17) is 0 Å². The number of hydrogen-bond donors (Lipinski definition) is 0. The normalized spacial score (nSPS) is 15.4. The SMILES string of the molecule is O=C1C=Cc2ccccc2/C1=C/C=C(/c1ccccc1)c1cccs1. The van der Waals surface area contributed by atoms with E-state index in [1.807, 2.05) is 60.7 Å². The molecule has 0 N–H and O–H groups in total. The van der Waals surface area contributed by atoms with E-state index in [1.54, 1.807) is 17.4 Å². The first-order valence-corrected chi connectivity index (χ1v) is 9.04. The third kappa shape index (κ3) is 3.17. The molecule has 0 atom stereocenters. The van der Waals surface area contributed by atoms with Crippen molar-refractivity contribution in [3.05, 3.63) is 112 Å². The predicted octanol–water partition coefficient (Wildman–Crippen LogP) is 5.86. The number of hydrogen-bond acceptors (Lipinski definition) is 2. The van der Waals surface area contributed by atoms with Gasteiger partial charge in [-0.2, -0.15) is 0 Å². The summed E-state index contributed by atoms with van der Waals surface area (Å²) in [7, 11) is 0. The quantitative estimate of drug-likeness (QED) is 0.546. The molecule has 0 spiro atoms. The zero-order chi connectivity index (χ0) is 17.1. The first-order valence-electron chi connectivity index (χ1n) is 8.16. The number of ketones is 1. The monoisotopic (exact) mass is 340 g/mol. The fourth-order valence-corrected chi connectivity index (χ4v) is 3.76. The molecule has 0 radical (unpaired) electrons. The molecule has 1 aliphatic rings. The molecule has 0 unspecified atom stereocenters. The zero-order valence-corrected chi connectivity index (χ0v) is 14.4. The van der Waals surface area contributed by atoms with Crippen molar-refractivity contribution in [2.45, 2.75) is 0 Å². The van der Waals surface area contributed by atoms with Gasteiger partial charge in [-0.15, -0.1) is 11.3 Å². The van der Waals surface area contributed by atoms with E-state index in [1.165, 1.54) is 4.88 Å². The fraction of sp³-hybridized carbons (Fsp3) is 0. The third-order valence-corrected chi connectivity index (χ3v) is 5.12. The highest BCUT2D eigenvalue weighted by atomic mass is 32.1. The third-order valence-electron chi connectivity index (χ3n) is 4.22. The van der Waals surface area contributed by atoms with Gasteiger partial charge in [-0.05, 0) is 45.9 Å². The largest absolute Gasteiger partial charge is 0.289 e. The average molecular weight is 340 g/mol. The van der Waals surface area contributed by atoms with Gasteiger partial charge in [0.1, 0.15) is 0 Å². The van der Waals surface area contributed by atoms with E-state index in [9.17, 15) is 4.79 Å². The van der Waals surface area contributed by atoms with Crippen LogP contribution in [0.4, 0.5) is 0 Å². The number of thiophene rings is 1. The molecule has 1 aliphatic carbocycles. The summed E-state index contributed by atoms with van der Waals surface area (Å²) in [4.78, 5) is 13.6. The molecule has 0 aliphatic heterocycles. The summed E-state index contributed by atoms with van der Waals surface area (Å²) in [6.07, 6.45) is 7.54. The van der Waals surface area contributed by atoms with Gasteiger partial charge in [0.2, 0.25) is 0 Å². The lowest BCUT2D eigenvalue weighted by Crippen LogP contribution is -2.04. The van der Waals surface area contributed by atoms with Crippen LogP contribution in [0.2, 0.25) is 0 Å². The molecule has 0 saturated carbocycles. The minimum atomic E-state index is 0.0496. The maximum Gasteiger partial charge on any atom is 0.186 e. The Balaban J connectivity index is 1.83. The molecule has 2 heteroatoms. The van der Waals surface area contributed by atoms with Crippen molar-refractivity contribution in [1.29, 1.82) is 0 Å². The Labute approximate surface area is 151 Å². The Hall–Kier alpha value is -2.97. The smallest absolute Gasteiger partial charge is 0.186 e. The van der Waals surface area contributed by atoms with Crippen LogP contribution in [-0.4, -0.2) is 5.78 Å². The van der Waals surface area contributed by atoms with Crippen molar-refractivity contribution in [2.24, 2.45) is 0 Å². The van der Waals surface area contributed by atoms with E-state index in [2.05, 4.69) is 29.7 Å². The molecular weight excluding hydrogens is 324 g/mol. The molecule has 1 nitrogen and oxygen atoms in total. The summed E-state index contributed by atoms with van der Waals surface area (Å²) < 4.78 is 0. The summed E-state index contributed by atoms with van der Waals surface area (Å²) in [6.45, 7) is 0. The van der Waals surface area contributed by atoms with Gasteiger partial charge in [-0.3, -0.25) is 4.79 Å². The molecule has 0 amide bonds. The minimum Gasteiger partial charge on any atom is -0.289 e. The second-order valence-corrected chi connectivity index (χ2v) is 6.74. The van der Waals surface area contributed by atoms with Crippen LogP contribution in [-0.2, 0) is 4.79 Å². The van der Waals surface area contributed by atoms with Crippen LogP contribution in [0.15, 0.2) is 90.3 Å². The highest BCUT2D eigenvalue weighted by Gasteiger charge is 2.16. The van der Waals surface area contributed by atoms with Crippen molar-refractivity contribution in [2.75, 3.05) is 0 Å². The Kier molecular flexibility index (Phi) is 4.28. The second-order valence-electron chi connectivity index (χ2n) is 5.79. The summed E-state index contributed by atoms with van der Waals surface area (Å²) in [5.41, 5.74) is 5.09. The van der Waals surface area contributed by atoms with Gasteiger partial charge >= 0.3 is 0 Å². The maximum atomic E-state index is 12.4. The molecule has 3 aromatic rings. The van der Waals surface area contributed by atoms with Gasteiger partial charge in [0.25, 0.3) is 0 Å². The number of rotatable bonds is 3. The molecule has 0 saturated heterocycles. The highest BCUT2D eigenvalue weighted by molar-refractivity contribution is 7.11. The van der Waals surface area contributed by atoms with Gasteiger partial charge in [0, 0.05) is 10.5 Å². The van der Waals surface area contributed by atoms with Crippen LogP contribution in [0, 0.1) is 0 Å². The van der Waals surface area contributed by atoms with Gasteiger partial charge in [0.05, 0.1) is 0 Å². The molecule has 1 heterocycles. The van der Waals surface area contributed by atoms with Crippen LogP contribution in [0.25, 0.3) is 17.2 Å². The number of allylic oxidation sites excluding steroid dienone is 4. The minimum absolute atomic E-state index is 0.0496. The average Bonchev–Trinajstić information content (AvgIpc) is 3.19. The highest BCUT2D eigenvalue weighted by Crippen LogP contribution is 2.30. The summed E-state index contributed by atoms with van der Waals surface area (Å²) >= 11 is 1.70. The lowest BCUT2D eigenvalue weighted by Gasteiger charge is -2.12. The predicted molar refractivity (Wildman–Crippen MR) is 106 cm³/mol. The van der Waals surface area contributed by atoms with Crippen LogP contribution in [0.3, 0.4) is 0 Å².